The number of carbonyl (C=O) groups excluding carboxylic acids is 1. The van der Waals surface area contributed by atoms with E-state index in [-0.39, 0.29) is 17.5 Å². The third-order valence-corrected chi connectivity index (χ3v) is 2.45. The van der Waals surface area contributed by atoms with Crippen LogP contribution < -0.4 is 16.4 Å². The summed E-state index contributed by atoms with van der Waals surface area (Å²) in [6.45, 7) is 7.56. The summed E-state index contributed by atoms with van der Waals surface area (Å²) >= 11 is 0. The zero-order chi connectivity index (χ0) is 14.6. The molecule has 0 aliphatic heterocycles. The highest BCUT2D eigenvalue weighted by atomic mass is 16.2. The van der Waals surface area contributed by atoms with Crippen LogP contribution in [0, 0.1) is 11.3 Å². The maximum absolute atomic E-state index is 11.9. The predicted octanol–water partition coefficient (Wildman–Crippen LogP) is 1.86. The Labute approximate surface area is 113 Å². The van der Waals surface area contributed by atoms with Crippen molar-refractivity contribution in [1.29, 1.82) is 5.26 Å². The number of benzene rings is 1. The van der Waals surface area contributed by atoms with Crippen molar-refractivity contribution in [3.05, 3.63) is 23.8 Å². The van der Waals surface area contributed by atoms with Crippen molar-refractivity contribution in [2.24, 2.45) is 0 Å². The van der Waals surface area contributed by atoms with Crippen LogP contribution in [0.4, 0.5) is 11.4 Å². The van der Waals surface area contributed by atoms with Gasteiger partial charge in [0, 0.05) is 11.2 Å². The standard InChI is InChI=1S/C14H20N4O/c1-9(13(19)18-14(2,3)4)17-11-6-5-10(8-15)12(16)7-11/h5-7,9,17H,16H2,1-4H3,(H,18,19). The van der Waals surface area contributed by atoms with E-state index in [1.165, 1.54) is 0 Å². The minimum Gasteiger partial charge on any atom is -0.398 e. The number of hydrogen-bond donors (Lipinski definition) is 3. The highest BCUT2D eigenvalue weighted by Gasteiger charge is 2.19. The van der Waals surface area contributed by atoms with Crippen LogP contribution in [0.3, 0.4) is 0 Å². The van der Waals surface area contributed by atoms with Gasteiger partial charge in [-0.15, -0.1) is 0 Å². The second-order valence-corrected chi connectivity index (χ2v) is 5.52. The van der Waals surface area contributed by atoms with Crippen molar-refractivity contribution in [2.45, 2.75) is 39.3 Å². The van der Waals surface area contributed by atoms with E-state index in [9.17, 15) is 4.79 Å². The Balaban J connectivity index is 2.72. The lowest BCUT2D eigenvalue weighted by Crippen LogP contribution is -2.47. The van der Waals surface area contributed by atoms with Crippen LogP contribution in [0.5, 0.6) is 0 Å². The Kier molecular flexibility index (Phi) is 4.38. The molecule has 0 heterocycles. The molecule has 1 rings (SSSR count). The van der Waals surface area contributed by atoms with E-state index < -0.39 is 0 Å². The van der Waals surface area contributed by atoms with Gasteiger partial charge in [-0.2, -0.15) is 5.26 Å². The largest absolute Gasteiger partial charge is 0.398 e. The van der Waals surface area contributed by atoms with Gasteiger partial charge in [-0.05, 0) is 45.9 Å². The van der Waals surface area contributed by atoms with Crippen molar-refractivity contribution in [3.63, 3.8) is 0 Å². The van der Waals surface area contributed by atoms with Crippen LogP contribution in [0.15, 0.2) is 18.2 Å². The molecule has 0 bridgehead atoms. The smallest absolute Gasteiger partial charge is 0.242 e. The van der Waals surface area contributed by atoms with E-state index in [1.54, 1.807) is 25.1 Å². The molecule has 5 heteroatoms. The minimum absolute atomic E-state index is 0.0876. The molecule has 0 aromatic heterocycles. The number of amides is 1. The van der Waals surface area contributed by atoms with E-state index in [1.807, 2.05) is 26.8 Å². The van der Waals surface area contributed by atoms with Gasteiger partial charge >= 0.3 is 0 Å². The maximum Gasteiger partial charge on any atom is 0.242 e. The third-order valence-electron chi connectivity index (χ3n) is 2.45. The molecule has 0 aliphatic carbocycles. The summed E-state index contributed by atoms with van der Waals surface area (Å²) in [6, 6.07) is 6.63. The Bertz CT molecular complexity index is 511. The molecular weight excluding hydrogens is 240 g/mol. The fraction of sp³-hybridized carbons (Fsp3) is 0.429. The molecule has 0 saturated carbocycles. The Morgan fingerprint density at radius 1 is 1.42 bits per heavy atom. The molecule has 19 heavy (non-hydrogen) atoms. The number of anilines is 2. The molecule has 1 amide bonds. The number of nitrogen functional groups attached to an aromatic ring is 1. The molecule has 1 unspecified atom stereocenters. The summed E-state index contributed by atoms with van der Waals surface area (Å²) in [5, 5.41) is 14.7. The number of hydrogen-bond acceptors (Lipinski definition) is 4. The number of carbonyl (C=O) groups is 1. The molecule has 0 aliphatic rings. The zero-order valence-electron chi connectivity index (χ0n) is 11.7. The van der Waals surface area contributed by atoms with E-state index in [0.29, 0.717) is 16.9 Å². The number of nitrogens with two attached hydrogens (primary N) is 1. The molecule has 0 fully saturated rings. The van der Waals surface area contributed by atoms with Crippen molar-refractivity contribution in [1.82, 2.24) is 5.32 Å². The van der Waals surface area contributed by atoms with Gasteiger partial charge in [0.05, 0.1) is 11.3 Å². The molecule has 5 nitrogen and oxygen atoms in total. The molecule has 4 N–H and O–H groups in total. The van der Waals surface area contributed by atoms with Gasteiger partial charge < -0.3 is 16.4 Å². The third kappa shape index (κ3) is 4.51. The van der Waals surface area contributed by atoms with Gasteiger partial charge in [-0.25, -0.2) is 0 Å². The van der Waals surface area contributed by atoms with Crippen LogP contribution in [0.2, 0.25) is 0 Å². The van der Waals surface area contributed by atoms with E-state index in [0.717, 1.165) is 0 Å². The average Bonchev–Trinajstić information content (AvgIpc) is 2.27. The highest BCUT2D eigenvalue weighted by molar-refractivity contribution is 5.85. The molecule has 102 valence electrons. The predicted molar refractivity (Wildman–Crippen MR) is 76.5 cm³/mol. The molecule has 0 radical (unpaired) electrons. The summed E-state index contributed by atoms with van der Waals surface area (Å²) in [4.78, 5) is 11.9. The van der Waals surface area contributed by atoms with E-state index in [2.05, 4.69) is 10.6 Å². The quantitative estimate of drug-likeness (QED) is 0.723. The van der Waals surface area contributed by atoms with Crippen LogP contribution in [0.25, 0.3) is 0 Å². The van der Waals surface area contributed by atoms with Crippen molar-refractivity contribution < 1.29 is 4.79 Å². The summed E-state index contributed by atoms with van der Waals surface area (Å²) in [6.07, 6.45) is 0. The van der Waals surface area contributed by atoms with Crippen molar-refractivity contribution in [3.8, 4) is 6.07 Å². The fourth-order valence-electron chi connectivity index (χ4n) is 1.55. The normalized spacial score (nSPS) is 12.4. The number of nitrogens with zero attached hydrogens (tertiary/aromatic N) is 1. The second-order valence-electron chi connectivity index (χ2n) is 5.52. The Hall–Kier alpha value is -2.22. The first-order valence-corrected chi connectivity index (χ1v) is 6.11. The lowest BCUT2D eigenvalue weighted by atomic mass is 10.1. The fourth-order valence-corrected chi connectivity index (χ4v) is 1.55. The summed E-state index contributed by atoms with van der Waals surface area (Å²) in [5.74, 6) is -0.0876. The first kappa shape index (κ1) is 14.8. The minimum atomic E-state index is -0.383. The highest BCUT2D eigenvalue weighted by Crippen LogP contribution is 2.18. The summed E-state index contributed by atoms with van der Waals surface area (Å²) < 4.78 is 0. The molecule has 1 aromatic rings. The molecule has 1 atom stereocenters. The van der Waals surface area contributed by atoms with Gasteiger partial charge in [0.15, 0.2) is 0 Å². The lowest BCUT2D eigenvalue weighted by Gasteiger charge is -2.24. The molecular formula is C14H20N4O. The van der Waals surface area contributed by atoms with Crippen molar-refractivity contribution >= 4 is 17.3 Å². The van der Waals surface area contributed by atoms with Gasteiger partial charge in [0.1, 0.15) is 12.1 Å². The average molecular weight is 260 g/mol. The SMILES string of the molecule is CC(Nc1ccc(C#N)c(N)c1)C(=O)NC(C)(C)C. The van der Waals surface area contributed by atoms with Gasteiger partial charge in [-0.3, -0.25) is 4.79 Å². The molecule has 1 aromatic carbocycles. The zero-order valence-corrected chi connectivity index (χ0v) is 11.7. The Morgan fingerprint density at radius 2 is 2.05 bits per heavy atom. The number of nitrogens with one attached hydrogen (secondary N) is 2. The Morgan fingerprint density at radius 3 is 2.53 bits per heavy atom. The lowest BCUT2D eigenvalue weighted by molar-refractivity contribution is -0.122. The van der Waals surface area contributed by atoms with Gasteiger partial charge in [0.2, 0.25) is 5.91 Å². The maximum atomic E-state index is 11.9. The van der Waals surface area contributed by atoms with Crippen molar-refractivity contribution in [2.75, 3.05) is 11.1 Å². The number of rotatable bonds is 3. The van der Waals surface area contributed by atoms with E-state index in [4.69, 9.17) is 11.0 Å². The van der Waals surface area contributed by atoms with Gasteiger partial charge in [-0.1, -0.05) is 0 Å². The van der Waals surface area contributed by atoms with E-state index >= 15 is 0 Å². The van der Waals surface area contributed by atoms with Crippen LogP contribution in [-0.2, 0) is 4.79 Å². The molecule has 0 spiro atoms. The van der Waals surface area contributed by atoms with Crippen LogP contribution in [-0.4, -0.2) is 17.5 Å². The summed E-state index contributed by atoms with van der Waals surface area (Å²) in [7, 11) is 0. The van der Waals surface area contributed by atoms with Crippen LogP contribution >= 0.6 is 0 Å². The first-order chi connectivity index (χ1) is 8.73. The van der Waals surface area contributed by atoms with Gasteiger partial charge in [0.25, 0.3) is 0 Å². The monoisotopic (exact) mass is 260 g/mol. The second kappa shape index (κ2) is 5.61. The van der Waals surface area contributed by atoms with Crippen LogP contribution in [0.1, 0.15) is 33.3 Å². The molecule has 0 saturated heterocycles. The summed E-state index contributed by atoms with van der Waals surface area (Å²) in [5.41, 5.74) is 7.00. The topological polar surface area (TPSA) is 90.9 Å². The number of nitriles is 1. The first-order valence-electron chi connectivity index (χ1n) is 6.11.